The van der Waals surface area contributed by atoms with Crippen LogP contribution in [0.3, 0.4) is 0 Å². The topological polar surface area (TPSA) is 73.3 Å². The maximum Gasteiger partial charge on any atom is 0.255 e. The molecule has 2 atom stereocenters. The van der Waals surface area contributed by atoms with E-state index in [1.54, 1.807) is 37.6 Å². The number of halogens is 1. The molecule has 4 rings (SSSR count). The van der Waals surface area contributed by atoms with Crippen LogP contribution in [0.15, 0.2) is 61.1 Å². The summed E-state index contributed by atoms with van der Waals surface area (Å²) in [5.41, 5.74) is 1.80. The van der Waals surface area contributed by atoms with Gasteiger partial charge < -0.3 is 14.8 Å². The van der Waals surface area contributed by atoms with Gasteiger partial charge in [0.25, 0.3) is 5.91 Å². The van der Waals surface area contributed by atoms with Crippen LogP contribution in [-0.2, 0) is 0 Å². The molecule has 0 saturated heterocycles. The number of benzene rings is 2. The molecule has 31 heavy (non-hydrogen) atoms. The first-order valence-electron chi connectivity index (χ1n) is 10.3. The first kappa shape index (κ1) is 20.8. The molecule has 3 aromatic rings. The summed E-state index contributed by atoms with van der Waals surface area (Å²) in [6.07, 6.45) is 5.94. The van der Waals surface area contributed by atoms with Crippen molar-refractivity contribution in [2.75, 3.05) is 13.7 Å². The minimum atomic E-state index is -0.297. The highest BCUT2D eigenvalue weighted by atomic mass is 19.1. The number of carbonyl (C=O) groups is 1. The molecule has 1 aliphatic rings. The predicted molar refractivity (Wildman–Crippen MR) is 115 cm³/mol. The predicted octanol–water partition coefficient (Wildman–Crippen LogP) is 4.27. The van der Waals surface area contributed by atoms with E-state index in [-0.39, 0.29) is 23.7 Å². The molecular formula is C24H24FN3O3. The SMILES string of the molecule is COc1cccc(-c2ccncn2)c1C(=O)N[C@H]1CCC[C@@H]1COc1ccc(F)cc1. The fourth-order valence-corrected chi connectivity index (χ4v) is 4.00. The highest BCUT2D eigenvalue weighted by molar-refractivity contribution is 6.03. The van der Waals surface area contributed by atoms with Gasteiger partial charge in [-0.15, -0.1) is 0 Å². The van der Waals surface area contributed by atoms with Crippen molar-refractivity contribution in [1.82, 2.24) is 15.3 Å². The number of amides is 1. The highest BCUT2D eigenvalue weighted by Gasteiger charge is 2.31. The Morgan fingerprint density at radius 2 is 2.00 bits per heavy atom. The molecule has 1 fully saturated rings. The van der Waals surface area contributed by atoms with E-state index in [1.807, 2.05) is 12.1 Å². The van der Waals surface area contributed by atoms with Gasteiger partial charge in [0.15, 0.2) is 0 Å². The first-order valence-corrected chi connectivity index (χ1v) is 10.3. The molecule has 0 spiro atoms. The second-order valence-corrected chi connectivity index (χ2v) is 7.51. The number of ether oxygens (including phenoxy) is 2. The van der Waals surface area contributed by atoms with Crippen LogP contribution in [0.2, 0.25) is 0 Å². The van der Waals surface area contributed by atoms with Gasteiger partial charge in [0.05, 0.1) is 25.0 Å². The Hall–Kier alpha value is -3.48. The first-order chi connectivity index (χ1) is 15.2. The molecule has 2 aromatic carbocycles. The van der Waals surface area contributed by atoms with E-state index in [0.717, 1.165) is 19.3 Å². The molecule has 0 aliphatic heterocycles. The Balaban J connectivity index is 1.50. The molecule has 1 aliphatic carbocycles. The van der Waals surface area contributed by atoms with E-state index in [9.17, 15) is 9.18 Å². The zero-order valence-corrected chi connectivity index (χ0v) is 17.3. The lowest BCUT2D eigenvalue weighted by Crippen LogP contribution is -2.39. The molecule has 7 heteroatoms. The number of nitrogens with zero attached hydrogens (tertiary/aromatic N) is 2. The lowest BCUT2D eigenvalue weighted by molar-refractivity contribution is 0.0916. The van der Waals surface area contributed by atoms with Crippen LogP contribution < -0.4 is 14.8 Å². The van der Waals surface area contributed by atoms with Crippen molar-refractivity contribution in [2.24, 2.45) is 5.92 Å². The molecular weight excluding hydrogens is 397 g/mol. The molecule has 0 radical (unpaired) electrons. The van der Waals surface area contributed by atoms with Crippen molar-refractivity contribution >= 4 is 5.91 Å². The number of hydrogen-bond donors (Lipinski definition) is 1. The third-order valence-electron chi connectivity index (χ3n) is 5.58. The Morgan fingerprint density at radius 3 is 2.74 bits per heavy atom. The van der Waals surface area contributed by atoms with Gasteiger partial charge in [-0.1, -0.05) is 18.6 Å². The van der Waals surface area contributed by atoms with Gasteiger partial charge in [-0.3, -0.25) is 4.79 Å². The molecule has 1 saturated carbocycles. The van der Waals surface area contributed by atoms with Crippen LogP contribution in [0.25, 0.3) is 11.3 Å². The minimum absolute atomic E-state index is 0.0175. The average molecular weight is 421 g/mol. The maximum atomic E-state index is 13.3. The summed E-state index contributed by atoms with van der Waals surface area (Å²) in [4.78, 5) is 21.6. The number of aromatic nitrogens is 2. The second kappa shape index (κ2) is 9.55. The van der Waals surface area contributed by atoms with Crippen LogP contribution in [0.5, 0.6) is 11.5 Å². The molecule has 1 N–H and O–H groups in total. The Labute approximate surface area is 180 Å². The molecule has 6 nitrogen and oxygen atoms in total. The lowest BCUT2D eigenvalue weighted by atomic mass is 10.00. The van der Waals surface area contributed by atoms with Gasteiger partial charge >= 0.3 is 0 Å². The van der Waals surface area contributed by atoms with Crippen LogP contribution in [0.4, 0.5) is 4.39 Å². The van der Waals surface area contributed by atoms with Crippen LogP contribution in [0.1, 0.15) is 29.6 Å². The highest BCUT2D eigenvalue weighted by Crippen LogP contribution is 2.31. The number of rotatable bonds is 7. The Bertz CT molecular complexity index is 1030. The maximum absolute atomic E-state index is 13.3. The molecule has 1 aromatic heterocycles. The third-order valence-corrected chi connectivity index (χ3v) is 5.58. The average Bonchev–Trinajstić information content (AvgIpc) is 3.25. The molecule has 160 valence electrons. The largest absolute Gasteiger partial charge is 0.496 e. The van der Waals surface area contributed by atoms with Crippen molar-refractivity contribution < 1.29 is 18.7 Å². The van der Waals surface area contributed by atoms with Crippen molar-refractivity contribution in [3.63, 3.8) is 0 Å². The van der Waals surface area contributed by atoms with Gasteiger partial charge in [0, 0.05) is 23.7 Å². The number of methoxy groups -OCH3 is 1. The smallest absolute Gasteiger partial charge is 0.255 e. The summed E-state index contributed by atoms with van der Waals surface area (Å²) >= 11 is 0. The van der Waals surface area contributed by atoms with E-state index in [4.69, 9.17) is 9.47 Å². The zero-order valence-electron chi connectivity index (χ0n) is 17.3. The van der Waals surface area contributed by atoms with Gasteiger partial charge in [0.2, 0.25) is 0 Å². The van der Waals surface area contributed by atoms with E-state index in [1.165, 1.54) is 18.5 Å². The normalized spacial score (nSPS) is 17.9. The third kappa shape index (κ3) is 4.82. The number of carbonyl (C=O) groups excluding carboxylic acids is 1. The molecule has 1 amide bonds. The summed E-state index contributed by atoms with van der Waals surface area (Å²) in [6, 6.07) is 13.2. The van der Waals surface area contributed by atoms with Crippen LogP contribution in [0, 0.1) is 11.7 Å². The summed E-state index contributed by atoms with van der Waals surface area (Å²) in [5.74, 6) is 0.783. The van der Waals surface area contributed by atoms with Gasteiger partial charge in [-0.25, -0.2) is 14.4 Å². The standard InChI is InChI=1S/C24H24FN3O3/c1-30-22-7-3-5-19(21-12-13-26-15-27-21)23(22)24(29)28-20-6-2-4-16(20)14-31-18-10-8-17(25)9-11-18/h3,5,7-13,15-16,20H,2,4,6,14H2,1H3,(H,28,29)/t16-,20+/m1/s1. The van der Waals surface area contributed by atoms with Gasteiger partial charge in [-0.05, 0) is 49.2 Å². The Kier molecular flexibility index (Phi) is 6.40. The van der Waals surface area contributed by atoms with Crippen molar-refractivity contribution in [3.8, 4) is 22.8 Å². The summed E-state index contributed by atoms with van der Waals surface area (Å²) in [5, 5.41) is 3.17. The van der Waals surface area contributed by atoms with Crippen molar-refractivity contribution in [1.29, 1.82) is 0 Å². The molecule has 0 unspecified atom stereocenters. The minimum Gasteiger partial charge on any atom is -0.496 e. The molecule has 1 heterocycles. The van der Waals surface area contributed by atoms with E-state index < -0.39 is 0 Å². The monoisotopic (exact) mass is 421 g/mol. The van der Waals surface area contributed by atoms with Crippen LogP contribution >= 0.6 is 0 Å². The molecule has 0 bridgehead atoms. The second-order valence-electron chi connectivity index (χ2n) is 7.51. The zero-order chi connectivity index (χ0) is 21.6. The summed E-state index contributed by atoms with van der Waals surface area (Å²) in [6.45, 7) is 0.460. The van der Waals surface area contributed by atoms with Crippen molar-refractivity contribution in [3.05, 3.63) is 72.4 Å². The lowest BCUT2D eigenvalue weighted by Gasteiger charge is -2.22. The fraction of sp³-hybridized carbons (Fsp3) is 0.292. The van der Waals surface area contributed by atoms with Crippen molar-refractivity contribution in [2.45, 2.75) is 25.3 Å². The summed E-state index contributed by atoms with van der Waals surface area (Å²) in [7, 11) is 1.55. The van der Waals surface area contributed by atoms with Crippen LogP contribution in [-0.4, -0.2) is 35.6 Å². The number of hydrogen-bond acceptors (Lipinski definition) is 5. The summed E-state index contributed by atoms with van der Waals surface area (Å²) < 4.78 is 24.4. The fourth-order valence-electron chi connectivity index (χ4n) is 4.00. The van der Waals surface area contributed by atoms with E-state index in [0.29, 0.717) is 34.9 Å². The number of nitrogens with one attached hydrogen (secondary N) is 1. The van der Waals surface area contributed by atoms with Gasteiger partial charge in [0.1, 0.15) is 23.6 Å². The van der Waals surface area contributed by atoms with E-state index >= 15 is 0 Å². The van der Waals surface area contributed by atoms with E-state index in [2.05, 4.69) is 15.3 Å². The van der Waals surface area contributed by atoms with Gasteiger partial charge in [-0.2, -0.15) is 0 Å². The Morgan fingerprint density at radius 1 is 1.16 bits per heavy atom. The quantitative estimate of drug-likeness (QED) is 0.617.